The molecular weight excluding hydrogens is 390 g/mol. The molecule has 1 aliphatic carbocycles. The Morgan fingerprint density at radius 2 is 1.68 bits per heavy atom. The Labute approximate surface area is 183 Å². The highest BCUT2D eigenvalue weighted by molar-refractivity contribution is 6.15. The van der Waals surface area contributed by atoms with Gasteiger partial charge in [0.1, 0.15) is 5.54 Å². The third kappa shape index (κ3) is 3.83. The van der Waals surface area contributed by atoms with E-state index in [-0.39, 0.29) is 11.8 Å². The SMILES string of the molecule is O=C(CN1CCN(Cc2ccccn2)CC1)N1c2ccccc2NC(=O)C12CCCC2. The molecule has 7 heteroatoms. The van der Waals surface area contributed by atoms with Crippen LogP contribution < -0.4 is 10.2 Å². The summed E-state index contributed by atoms with van der Waals surface area (Å²) in [5, 5.41) is 3.05. The van der Waals surface area contributed by atoms with E-state index in [9.17, 15) is 9.59 Å². The van der Waals surface area contributed by atoms with Gasteiger partial charge in [-0.1, -0.05) is 31.0 Å². The van der Waals surface area contributed by atoms with Gasteiger partial charge in [-0.25, -0.2) is 0 Å². The molecular formula is C24H29N5O2. The molecule has 3 heterocycles. The maximum atomic E-state index is 13.6. The van der Waals surface area contributed by atoms with Crippen LogP contribution in [-0.4, -0.2) is 64.9 Å². The zero-order valence-electron chi connectivity index (χ0n) is 17.8. The first-order chi connectivity index (χ1) is 15.2. The van der Waals surface area contributed by atoms with Gasteiger partial charge in [-0.15, -0.1) is 0 Å². The number of pyridine rings is 1. The largest absolute Gasteiger partial charge is 0.322 e. The Kier molecular flexibility index (Phi) is 5.46. The second-order valence-electron chi connectivity index (χ2n) is 8.81. The molecule has 2 amide bonds. The smallest absolute Gasteiger partial charge is 0.250 e. The van der Waals surface area contributed by atoms with E-state index < -0.39 is 5.54 Å². The van der Waals surface area contributed by atoms with Crippen LogP contribution in [0.2, 0.25) is 0 Å². The maximum Gasteiger partial charge on any atom is 0.250 e. The number of nitrogens with one attached hydrogen (secondary N) is 1. The summed E-state index contributed by atoms with van der Waals surface area (Å²) in [7, 11) is 0. The highest BCUT2D eigenvalue weighted by atomic mass is 16.2. The van der Waals surface area contributed by atoms with Crippen molar-refractivity contribution in [3.63, 3.8) is 0 Å². The summed E-state index contributed by atoms with van der Waals surface area (Å²) in [6.07, 6.45) is 5.25. The van der Waals surface area contributed by atoms with Crippen molar-refractivity contribution in [2.45, 2.75) is 37.8 Å². The molecule has 0 radical (unpaired) electrons. The lowest BCUT2D eigenvalue weighted by Crippen LogP contribution is -2.62. The lowest BCUT2D eigenvalue weighted by molar-refractivity contribution is -0.128. The van der Waals surface area contributed by atoms with Crippen molar-refractivity contribution in [3.8, 4) is 0 Å². The minimum atomic E-state index is -0.730. The molecule has 0 unspecified atom stereocenters. The highest BCUT2D eigenvalue weighted by Gasteiger charge is 2.52. The summed E-state index contributed by atoms with van der Waals surface area (Å²) >= 11 is 0. The number of rotatable bonds is 4. The Hall–Kier alpha value is -2.77. The van der Waals surface area contributed by atoms with Crippen LogP contribution in [0.4, 0.5) is 11.4 Å². The van der Waals surface area contributed by atoms with E-state index >= 15 is 0 Å². The molecule has 1 aromatic carbocycles. The van der Waals surface area contributed by atoms with Gasteiger partial charge >= 0.3 is 0 Å². The number of hydrogen-bond donors (Lipinski definition) is 1. The Morgan fingerprint density at radius 3 is 2.42 bits per heavy atom. The summed E-state index contributed by atoms with van der Waals surface area (Å²) in [5.41, 5.74) is 1.92. The molecule has 0 bridgehead atoms. The molecule has 2 aliphatic heterocycles. The molecule has 162 valence electrons. The normalized spacial score (nSPS) is 21.2. The molecule has 31 heavy (non-hydrogen) atoms. The minimum Gasteiger partial charge on any atom is -0.322 e. The first-order valence-electron chi connectivity index (χ1n) is 11.2. The van der Waals surface area contributed by atoms with Gasteiger partial charge < -0.3 is 5.32 Å². The van der Waals surface area contributed by atoms with Crippen LogP contribution >= 0.6 is 0 Å². The summed E-state index contributed by atoms with van der Waals surface area (Å²) in [6.45, 7) is 4.69. The van der Waals surface area contributed by atoms with E-state index in [4.69, 9.17) is 0 Å². The van der Waals surface area contributed by atoms with E-state index in [1.165, 1.54) is 0 Å². The summed E-state index contributed by atoms with van der Waals surface area (Å²) in [6, 6.07) is 13.7. The monoisotopic (exact) mass is 419 g/mol. The van der Waals surface area contributed by atoms with Crippen LogP contribution in [0.3, 0.4) is 0 Å². The summed E-state index contributed by atoms with van der Waals surface area (Å²) in [4.78, 5) is 37.5. The zero-order chi connectivity index (χ0) is 21.3. The van der Waals surface area contributed by atoms with Crippen molar-refractivity contribution in [3.05, 3.63) is 54.4 Å². The van der Waals surface area contributed by atoms with Crippen LogP contribution in [0.15, 0.2) is 48.7 Å². The average Bonchev–Trinajstić information content (AvgIpc) is 3.27. The van der Waals surface area contributed by atoms with Gasteiger partial charge in [0.15, 0.2) is 0 Å². The number of hydrogen-bond acceptors (Lipinski definition) is 5. The lowest BCUT2D eigenvalue weighted by atomic mass is 9.89. The number of amides is 2. The van der Waals surface area contributed by atoms with Gasteiger partial charge in [0.2, 0.25) is 5.91 Å². The van der Waals surface area contributed by atoms with Gasteiger partial charge in [-0.2, -0.15) is 0 Å². The summed E-state index contributed by atoms with van der Waals surface area (Å²) < 4.78 is 0. The molecule has 0 atom stereocenters. The number of carbonyl (C=O) groups is 2. The van der Waals surface area contributed by atoms with Crippen LogP contribution in [0.5, 0.6) is 0 Å². The third-order valence-corrected chi connectivity index (χ3v) is 6.86. The molecule has 2 fully saturated rings. The molecule has 1 saturated carbocycles. The fourth-order valence-corrected chi connectivity index (χ4v) is 5.22. The number of aromatic nitrogens is 1. The van der Waals surface area contributed by atoms with Crippen molar-refractivity contribution in [1.82, 2.24) is 14.8 Å². The van der Waals surface area contributed by atoms with E-state index in [2.05, 4.69) is 26.2 Å². The van der Waals surface area contributed by atoms with Gasteiger partial charge in [-0.05, 0) is 37.1 Å². The first kappa shape index (κ1) is 20.2. The van der Waals surface area contributed by atoms with Crippen molar-refractivity contribution >= 4 is 23.2 Å². The van der Waals surface area contributed by atoms with Crippen molar-refractivity contribution in [2.24, 2.45) is 0 Å². The number of piperazine rings is 1. The number of para-hydroxylation sites is 2. The quantitative estimate of drug-likeness (QED) is 0.825. The van der Waals surface area contributed by atoms with E-state index in [0.29, 0.717) is 6.54 Å². The van der Waals surface area contributed by atoms with E-state index in [1.807, 2.05) is 47.5 Å². The minimum absolute atomic E-state index is 0.0300. The van der Waals surface area contributed by atoms with Crippen LogP contribution in [0, 0.1) is 0 Å². The second-order valence-corrected chi connectivity index (χ2v) is 8.81. The number of fused-ring (bicyclic) bond motifs is 1. The van der Waals surface area contributed by atoms with Crippen LogP contribution in [0.25, 0.3) is 0 Å². The third-order valence-electron chi connectivity index (χ3n) is 6.86. The predicted molar refractivity (Wildman–Crippen MR) is 120 cm³/mol. The Bertz CT molecular complexity index is 949. The van der Waals surface area contributed by atoms with E-state index in [0.717, 1.165) is 75.5 Å². The Morgan fingerprint density at radius 1 is 0.968 bits per heavy atom. The standard InChI is InChI=1S/C24H29N5O2/c30-22(18-28-15-13-27(14-16-28)17-19-7-3-6-12-25-19)29-21-9-2-1-8-20(21)26-23(31)24(29)10-4-5-11-24/h1-3,6-9,12H,4-5,10-11,13-18H2,(H,26,31). The Balaban J connectivity index is 1.28. The molecule has 2 aromatic rings. The number of anilines is 2. The molecule has 5 rings (SSSR count). The van der Waals surface area contributed by atoms with Crippen LogP contribution in [-0.2, 0) is 16.1 Å². The molecule has 1 N–H and O–H groups in total. The molecule has 1 saturated heterocycles. The fourth-order valence-electron chi connectivity index (χ4n) is 5.22. The van der Waals surface area contributed by atoms with E-state index in [1.54, 1.807) is 0 Å². The molecule has 7 nitrogen and oxygen atoms in total. The van der Waals surface area contributed by atoms with Crippen molar-refractivity contribution < 1.29 is 9.59 Å². The number of nitrogens with zero attached hydrogens (tertiary/aromatic N) is 4. The second kappa shape index (κ2) is 8.40. The topological polar surface area (TPSA) is 68.8 Å². The lowest BCUT2D eigenvalue weighted by Gasteiger charge is -2.45. The van der Waals surface area contributed by atoms with Gasteiger partial charge in [-0.3, -0.25) is 29.3 Å². The maximum absolute atomic E-state index is 13.6. The van der Waals surface area contributed by atoms with Crippen molar-refractivity contribution in [2.75, 3.05) is 42.9 Å². The molecule has 1 aromatic heterocycles. The molecule has 3 aliphatic rings. The van der Waals surface area contributed by atoms with Crippen molar-refractivity contribution in [1.29, 1.82) is 0 Å². The fraction of sp³-hybridized carbons (Fsp3) is 0.458. The van der Waals surface area contributed by atoms with Gasteiger partial charge in [0, 0.05) is 38.9 Å². The summed E-state index contributed by atoms with van der Waals surface area (Å²) in [5.74, 6) is -0.000364. The average molecular weight is 420 g/mol. The highest BCUT2D eigenvalue weighted by Crippen LogP contribution is 2.45. The number of benzene rings is 1. The first-order valence-corrected chi connectivity index (χ1v) is 11.2. The van der Waals surface area contributed by atoms with Gasteiger partial charge in [0.05, 0.1) is 23.6 Å². The molecule has 1 spiro atoms. The zero-order valence-corrected chi connectivity index (χ0v) is 17.8. The van der Waals surface area contributed by atoms with Gasteiger partial charge in [0.25, 0.3) is 5.91 Å². The number of carbonyl (C=O) groups excluding carboxylic acids is 2. The van der Waals surface area contributed by atoms with Crippen LogP contribution in [0.1, 0.15) is 31.4 Å². The predicted octanol–water partition coefficient (Wildman–Crippen LogP) is 2.50.